The molecule has 0 bridgehead atoms. The van der Waals surface area contributed by atoms with Crippen molar-refractivity contribution in [3.8, 4) is 0 Å². The number of nitrogens with zero attached hydrogens (tertiary/aromatic N) is 3. The van der Waals surface area contributed by atoms with Crippen LogP contribution in [0.3, 0.4) is 0 Å². The molecular formula is C14H20BrFN4O2. The van der Waals surface area contributed by atoms with Crippen LogP contribution in [-0.4, -0.2) is 39.0 Å². The number of nitrogen functional groups attached to an aromatic ring is 1. The minimum atomic E-state index is -0.348. The van der Waals surface area contributed by atoms with Crippen LogP contribution in [0, 0.1) is 5.82 Å². The highest BCUT2D eigenvalue weighted by molar-refractivity contribution is 9.10. The number of hydrogen-bond acceptors (Lipinski definition) is 5. The Morgan fingerprint density at radius 3 is 2.77 bits per heavy atom. The van der Waals surface area contributed by atoms with E-state index < -0.39 is 0 Å². The summed E-state index contributed by atoms with van der Waals surface area (Å²) in [7, 11) is 0. The predicted molar refractivity (Wildman–Crippen MR) is 85.2 cm³/mol. The van der Waals surface area contributed by atoms with Crippen LogP contribution in [-0.2, 0) is 4.74 Å². The Morgan fingerprint density at radius 1 is 1.55 bits per heavy atom. The largest absolute Gasteiger partial charge is 0.391 e. The maximum atomic E-state index is 13.7. The van der Waals surface area contributed by atoms with E-state index in [0.29, 0.717) is 16.6 Å². The van der Waals surface area contributed by atoms with E-state index in [1.807, 2.05) is 13.8 Å². The Bertz CT molecular complexity index is 641. The first-order chi connectivity index (χ1) is 10.4. The van der Waals surface area contributed by atoms with E-state index in [1.165, 1.54) is 10.7 Å². The Labute approximate surface area is 136 Å². The second kappa shape index (κ2) is 7.34. The first-order valence-electron chi connectivity index (χ1n) is 7.15. The summed E-state index contributed by atoms with van der Waals surface area (Å²) < 4.78 is 20.6. The molecule has 0 aromatic carbocycles. The van der Waals surface area contributed by atoms with Gasteiger partial charge in [0.05, 0.1) is 29.1 Å². The lowest BCUT2D eigenvalue weighted by Crippen LogP contribution is -2.21. The van der Waals surface area contributed by atoms with Gasteiger partial charge in [-0.15, -0.1) is 5.10 Å². The molecule has 1 aliphatic heterocycles. The third kappa shape index (κ3) is 3.74. The molecule has 2 aromatic heterocycles. The second-order valence-electron chi connectivity index (χ2n) is 5.45. The molecule has 8 heteroatoms. The lowest BCUT2D eigenvalue weighted by atomic mass is 10.1. The number of anilines is 1. The maximum absolute atomic E-state index is 13.7. The lowest BCUT2D eigenvalue weighted by molar-refractivity contribution is -0.00535. The normalized spacial score (nSPS) is 18.4. The van der Waals surface area contributed by atoms with Crippen molar-refractivity contribution in [2.75, 3.05) is 18.9 Å². The van der Waals surface area contributed by atoms with Gasteiger partial charge in [0.2, 0.25) is 5.95 Å². The Hall–Kier alpha value is -1.25. The second-order valence-corrected chi connectivity index (χ2v) is 6.25. The molecular weight excluding hydrogens is 355 g/mol. The molecule has 22 heavy (non-hydrogen) atoms. The molecule has 0 radical (unpaired) electrons. The van der Waals surface area contributed by atoms with Gasteiger partial charge in [-0.05, 0) is 34.7 Å². The van der Waals surface area contributed by atoms with Crippen LogP contribution < -0.4 is 5.73 Å². The minimum absolute atomic E-state index is 0.131. The summed E-state index contributed by atoms with van der Waals surface area (Å²) in [4.78, 5) is 3.77. The summed E-state index contributed by atoms with van der Waals surface area (Å²) in [6.07, 6.45) is 3.13. The van der Waals surface area contributed by atoms with Crippen molar-refractivity contribution < 1.29 is 14.2 Å². The predicted octanol–water partition coefficient (Wildman–Crippen LogP) is 2.49. The van der Waals surface area contributed by atoms with Crippen LogP contribution in [0.1, 0.15) is 38.3 Å². The van der Waals surface area contributed by atoms with E-state index in [9.17, 15) is 4.39 Å². The van der Waals surface area contributed by atoms with Crippen molar-refractivity contribution in [1.29, 1.82) is 0 Å². The van der Waals surface area contributed by atoms with Crippen LogP contribution in [0.2, 0.25) is 0 Å². The zero-order valence-electron chi connectivity index (χ0n) is 12.6. The van der Waals surface area contributed by atoms with Crippen molar-refractivity contribution >= 4 is 27.4 Å². The van der Waals surface area contributed by atoms with Gasteiger partial charge in [-0.25, -0.2) is 13.9 Å². The van der Waals surface area contributed by atoms with E-state index in [0.717, 1.165) is 25.1 Å². The van der Waals surface area contributed by atoms with Crippen LogP contribution in [0.25, 0.3) is 5.52 Å². The molecule has 3 N–H and O–H groups in total. The molecule has 6 nitrogen and oxygen atoms in total. The van der Waals surface area contributed by atoms with Gasteiger partial charge in [0.1, 0.15) is 5.52 Å². The summed E-state index contributed by atoms with van der Waals surface area (Å²) in [6, 6.07) is 0. The summed E-state index contributed by atoms with van der Waals surface area (Å²) in [5.74, 6) is -0.0729. The number of aliphatic hydroxyl groups is 1. The molecule has 0 amide bonds. The number of rotatable bonds is 1. The van der Waals surface area contributed by atoms with Gasteiger partial charge in [-0.1, -0.05) is 13.8 Å². The van der Waals surface area contributed by atoms with Gasteiger partial charge < -0.3 is 15.6 Å². The summed E-state index contributed by atoms with van der Waals surface area (Å²) in [5, 5.41) is 12.8. The smallest absolute Gasteiger partial charge is 0.238 e. The molecule has 1 atom stereocenters. The van der Waals surface area contributed by atoms with Gasteiger partial charge in [-0.3, -0.25) is 0 Å². The maximum Gasteiger partial charge on any atom is 0.238 e. The van der Waals surface area contributed by atoms with Crippen molar-refractivity contribution in [3.05, 3.63) is 22.2 Å². The van der Waals surface area contributed by atoms with Crippen LogP contribution >= 0.6 is 15.9 Å². The third-order valence-electron chi connectivity index (χ3n) is 3.30. The SMILES string of the molecule is CC(C)c1c(Br)c(F)c2cnc(N)nn12.OC1CCCOC1. The summed E-state index contributed by atoms with van der Waals surface area (Å²) >= 11 is 3.21. The molecule has 1 unspecified atom stereocenters. The molecule has 1 fully saturated rings. The minimum Gasteiger partial charge on any atom is -0.391 e. The summed E-state index contributed by atoms with van der Waals surface area (Å²) in [6.45, 7) is 5.30. The molecule has 0 saturated carbocycles. The fourth-order valence-corrected chi connectivity index (χ4v) is 3.07. The van der Waals surface area contributed by atoms with Gasteiger partial charge in [-0.2, -0.15) is 0 Å². The van der Waals surface area contributed by atoms with E-state index >= 15 is 0 Å². The molecule has 0 aliphatic carbocycles. The van der Waals surface area contributed by atoms with E-state index in [2.05, 4.69) is 26.0 Å². The molecule has 2 aromatic rings. The number of nitrogens with two attached hydrogens (primary N) is 1. The van der Waals surface area contributed by atoms with Crippen molar-refractivity contribution in [2.45, 2.75) is 38.7 Å². The fourth-order valence-electron chi connectivity index (χ4n) is 2.24. The number of halogens is 2. The fraction of sp³-hybridized carbons (Fsp3) is 0.571. The number of ether oxygens (including phenoxy) is 1. The van der Waals surface area contributed by atoms with Crippen LogP contribution in [0.4, 0.5) is 10.3 Å². The van der Waals surface area contributed by atoms with Gasteiger partial charge in [0.25, 0.3) is 0 Å². The highest BCUT2D eigenvalue weighted by atomic mass is 79.9. The Balaban J connectivity index is 0.000000211. The highest BCUT2D eigenvalue weighted by Gasteiger charge is 2.19. The number of hydrogen-bond donors (Lipinski definition) is 2. The molecule has 1 saturated heterocycles. The average molecular weight is 375 g/mol. The van der Waals surface area contributed by atoms with Gasteiger partial charge in [0.15, 0.2) is 5.82 Å². The van der Waals surface area contributed by atoms with Crippen LogP contribution in [0.15, 0.2) is 10.7 Å². The quantitative estimate of drug-likeness (QED) is 0.800. The van der Waals surface area contributed by atoms with Crippen molar-refractivity contribution in [1.82, 2.24) is 14.6 Å². The zero-order chi connectivity index (χ0) is 16.3. The van der Waals surface area contributed by atoms with Gasteiger partial charge in [0, 0.05) is 6.61 Å². The highest BCUT2D eigenvalue weighted by Crippen LogP contribution is 2.31. The van der Waals surface area contributed by atoms with E-state index in [4.69, 9.17) is 15.6 Å². The average Bonchev–Trinajstić information content (AvgIpc) is 2.72. The first-order valence-corrected chi connectivity index (χ1v) is 7.95. The molecule has 0 spiro atoms. The first kappa shape index (κ1) is 17.1. The molecule has 1 aliphatic rings. The van der Waals surface area contributed by atoms with E-state index in [-0.39, 0.29) is 23.8 Å². The number of fused-ring (bicyclic) bond motifs is 1. The molecule has 3 heterocycles. The monoisotopic (exact) mass is 374 g/mol. The van der Waals surface area contributed by atoms with Crippen molar-refractivity contribution in [2.24, 2.45) is 0 Å². The topological polar surface area (TPSA) is 85.7 Å². The van der Waals surface area contributed by atoms with Gasteiger partial charge >= 0.3 is 0 Å². The van der Waals surface area contributed by atoms with E-state index in [1.54, 1.807) is 0 Å². The third-order valence-corrected chi connectivity index (χ3v) is 4.06. The Kier molecular flexibility index (Phi) is 5.71. The lowest BCUT2D eigenvalue weighted by Gasteiger charge is -2.15. The number of aliphatic hydroxyl groups excluding tert-OH is 1. The Morgan fingerprint density at radius 2 is 2.27 bits per heavy atom. The zero-order valence-corrected chi connectivity index (χ0v) is 14.2. The van der Waals surface area contributed by atoms with Crippen molar-refractivity contribution in [3.63, 3.8) is 0 Å². The number of aromatic nitrogens is 3. The molecule has 122 valence electrons. The summed E-state index contributed by atoms with van der Waals surface area (Å²) in [5.41, 5.74) is 6.57. The standard InChI is InChI=1S/C9H10BrFN4.C5H10O2/c1-4(2)8-6(10)7(11)5-3-13-9(12)14-15(5)8;6-5-2-1-3-7-4-5/h3-4H,1-2H3,(H2,12,14);5-6H,1-4H2. The molecule has 3 rings (SSSR count). The van der Waals surface area contributed by atoms with Crippen LogP contribution in [0.5, 0.6) is 0 Å².